The second-order valence-electron chi connectivity index (χ2n) is 5.60. The molecule has 0 atom stereocenters. The first-order chi connectivity index (χ1) is 10.2. The summed E-state index contributed by atoms with van der Waals surface area (Å²) in [5, 5.41) is 2.38. The number of hydrogen-bond donors (Lipinski definition) is 0. The Hall–Kier alpha value is -2.54. The number of furan rings is 1. The summed E-state index contributed by atoms with van der Waals surface area (Å²) in [5.74, 6) is 0. The topological polar surface area (TPSA) is 13.1 Å². The first-order valence-electron chi connectivity index (χ1n) is 7.22. The lowest BCUT2D eigenvalue weighted by molar-refractivity contribution is 0.667. The van der Waals surface area contributed by atoms with E-state index in [1.807, 2.05) is 0 Å². The Balaban J connectivity index is 2.08. The van der Waals surface area contributed by atoms with Crippen LogP contribution in [0.15, 0.2) is 65.1 Å². The van der Waals surface area contributed by atoms with Crippen LogP contribution in [-0.2, 0) is 0 Å². The molecular weight excluding hydrogens is 256 g/mol. The first-order valence-corrected chi connectivity index (χ1v) is 7.22. The van der Waals surface area contributed by atoms with E-state index in [2.05, 4.69) is 74.5 Å². The molecule has 1 aromatic heterocycles. The largest absolute Gasteiger partial charge is 0.455 e. The van der Waals surface area contributed by atoms with Crippen molar-refractivity contribution in [2.45, 2.75) is 13.8 Å². The van der Waals surface area contributed by atoms with Crippen molar-refractivity contribution in [1.82, 2.24) is 0 Å². The van der Waals surface area contributed by atoms with Crippen molar-refractivity contribution in [1.29, 1.82) is 0 Å². The van der Waals surface area contributed by atoms with Gasteiger partial charge in [0.2, 0.25) is 0 Å². The molecule has 0 unspecified atom stereocenters. The van der Waals surface area contributed by atoms with Gasteiger partial charge in [-0.2, -0.15) is 0 Å². The van der Waals surface area contributed by atoms with Gasteiger partial charge in [0.25, 0.3) is 0 Å². The van der Waals surface area contributed by atoms with E-state index in [9.17, 15) is 0 Å². The van der Waals surface area contributed by atoms with Crippen LogP contribution in [0.2, 0.25) is 0 Å². The van der Waals surface area contributed by atoms with Gasteiger partial charge in [-0.05, 0) is 25.0 Å². The van der Waals surface area contributed by atoms with Gasteiger partial charge in [0.15, 0.2) is 0 Å². The van der Waals surface area contributed by atoms with Crippen LogP contribution < -0.4 is 0 Å². The number of rotatable bonds is 1. The Morgan fingerprint density at radius 3 is 2.10 bits per heavy atom. The minimum Gasteiger partial charge on any atom is -0.455 e. The van der Waals surface area contributed by atoms with Crippen molar-refractivity contribution < 1.29 is 4.42 Å². The Morgan fingerprint density at radius 2 is 1.33 bits per heavy atom. The van der Waals surface area contributed by atoms with E-state index < -0.39 is 0 Å². The highest BCUT2D eigenvalue weighted by Gasteiger charge is 2.12. The summed E-state index contributed by atoms with van der Waals surface area (Å²) < 4.78 is 6.20. The van der Waals surface area contributed by atoms with Crippen LogP contribution in [0.25, 0.3) is 33.1 Å². The Labute approximate surface area is 123 Å². The average Bonchev–Trinajstić information content (AvgIpc) is 2.89. The van der Waals surface area contributed by atoms with Gasteiger partial charge in [0.05, 0.1) is 0 Å². The second-order valence-corrected chi connectivity index (χ2v) is 5.60. The van der Waals surface area contributed by atoms with Gasteiger partial charge < -0.3 is 4.42 Å². The molecule has 1 heterocycles. The summed E-state index contributed by atoms with van der Waals surface area (Å²) in [6.07, 6.45) is 0. The molecule has 0 N–H and O–H groups in total. The van der Waals surface area contributed by atoms with Gasteiger partial charge in [-0.25, -0.2) is 0 Å². The molecule has 1 nitrogen and oxygen atoms in total. The van der Waals surface area contributed by atoms with Crippen molar-refractivity contribution in [2.75, 3.05) is 0 Å². The van der Waals surface area contributed by atoms with Crippen LogP contribution in [0.4, 0.5) is 0 Å². The normalized spacial score (nSPS) is 11.3. The van der Waals surface area contributed by atoms with Crippen LogP contribution in [0.1, 0.15) is 11.1 Å². The molecule has 0 aliphatic heterocycles. The summed E-state index contributed by atoms with van der Waals surface area (Å²) in [5.41, 5.74) is 6.77. The highest BCUT2D eigenvalue weighted by atomic mass is 16.3. The molecule has 0 saturated heterocycles. The van der Waals surface area contributed by atoms with E-state index >= 15 is 0 Å². The maximum atomic E-state index is 6.20. The van der Waals surface area contributed by atoms with Crippen molar-refractivity contribution in [3.05, 3.63) is 71.8 Å². The molecule has 3 aromatic carbocycles. The van der Waals surface area contributed by atoms with E-state index in [0.29, 0.717) is 0 Å². The van der Waals surface area contributed by atoms with E-state index in [4.69, 9.17) is 4.42 Å². The summed E-state index contributed by atoms with van der Waals surface area (Å²) >= 11 is 0. The van der Waals surface area contributed by atoms with Crippen molar-refractivity contribution in [3.8, 4) is 11.1 Å². The van der Waals surface area contributed by atoms with Gasteiger partial charge in [-0.3, -0.25) is 0 Å². The number of aryl methyl sites for hydroxylation is 2. The van der Waals surface area contributed by atoms with Crippen molar-refractivity contribution in [3.63, 3.8) is 0 Å². The number of benzene rings is 3. The fourth-order valence-electron chi connectivity index (χ4n) is 2.92. The third kappa shape index (κ3) is 1.85. The maximum Gasteiger partial charge on any atom is 0.143 e. The molecule has 0 spiro atoms. The molecule has 0 aliphatic carbocycles. The summed E-state index contributed by atoms with van der Waals surface area (Å²) in [6.45, 7) is 4.20. The monoisotopic (exact) mass is 272 g/mol. The predicted molar refractivity (Wildman–Crippen MR) is 88.6 cm³/mol. The molecule has 0 bridgehead atoms. The van der Waals surface area contributed by atoms with Crippen LogP contribution in [0, 0.1) is 13.8 Å². The predicted octanol–water partition coefficient (Wildman–Crippen LogP) is 5.87. The Bertz CT molecular complexity index is 943. The molecule has 102 valence electrons. The highest BCUT2D eigenvalue weighted by Crippen LogP contribution is 2.36. The lowest BCUT2D eigenvalue weighted by Gasteiger charge is -2.03. The van der Waals surface area contributed by atoms with Crippen LogP contribution >= 0.6 is 0 Å². The molecule has 0 aliphatic rings. The zero-order valence-corrected chi connectivity index (χ0v) is 12.2. The molecule has 0 fully saturated rings. The lowest BCUT2D eigenvalue weighted by atomic mass is 10.0. The molecule has 4 aromatic rings. The zero-order chi connectivity index (χ0) is 14.4. The lowest BCUT2D eigenvalue weighted by Crippen LogP contribution is -1.79. The van der Waals surface area contributed by atoms with E-state index in [1.165, 1.54) is 27.5 Å². The number of hydrogen-bond acceptors (Lipinski definition) is 1. The molecule has 1 heteroatoms. The summed E-state index contributed by atoms with van der Waals surface area (Å²) in [4.78, 5) is 0. The zero-order valence-electron chi connectivity index (χ0n) is 12.2. The highest BCUT2D eigenvalue weighted by molar-refractivity contribution is 6.10. The Morgan fingerprint density at radius 1 is 0.667 bits per heavy atom. The maximum absolute atomic E-state index is 6.20. The Kier molecular flexibility index (Phi) is 2.61. The van der Waals surface area contributed by atoms with Gasteiger partial charge in [-0.1, -0.05) is 66.2 Å². The standard InChI is InChI=1S/C20H16O/c1-13-9-11-15(12-10-13)16-6-4-8-18-17-7-3-5-14(2)19(17)21-20(16)18/h3-12H,1-2H3. The van der Waals surface area contributed by atoms with Crippen molar-refractivity contribution in [2.24, 2.45) is 0 Å². The average molecular weight is 272 g/mol. The quantitative estimate of drug-likeness (QED) is 0.422. The minimum atomic E-state index is 0.977. The smallest absolute Gasteiger partial charge is 0.143 e. The SMILES string of the molecule is Cc1ccc(-c2cccc3c2oc2c(C)cccc23)cc1. The molecule has 0 radical (unpaired) electrons. The van der Waals surface area contributed by atoms with E-state index in [1.54, 1.807) is 0 Å². The summed E-state index contributed by atoms with van der Waals surface area (Å²) in [7, 11) is 0. The van der Waals surface area contributed by atoms with E-state index in [0.717, 1.165) is 16.7 Å². The fourth-order valence-corrected chi connectivity index (χ4v) is 2.92. The summed E-state index contributed by atoms with van der Waals surface area (Å²) in [6, 6.07) is 21.3. The van der Waals surface area contributed by atoms with Crippen LogP contribution in [0.3, 0.4) is 0 Å². The molecule has 4 rings (SSSR count). The van der Waals surface area contributed by atoms with Gasteiger partial charge >= 0.3 is 0 Å². The molecule has 0 amide bonds. The fraction of sp³-hybridized carbons (Fsp3) is 0.100. The van der Waals surface area contributed by atoms with Gasteiger partial charge in [0.1, 0.15) is 11.2 Å². The van der Waals surface area contributed by atoms with Crippen molar-refractivity contribution >= 4 is 21.9 Å². The number of fused-ring (bicyclic) bond motifs is 3. The third-order valence-electron chi connectivity index (χ3n) is 4.08. The number of para-hydroxylation sites is 2. The molecule has 0 saturated carbocycles. The van der Waals surface area contributed by atoms with Gasteiger partial charge in [0, 0.05) is 16.3 Å². The first kappa shape index (κ1) is 12.2. The van der Waals surface area contributed by atoms with Gasteiger partial charge in [-0.15, -0.1) is 0 Å². The minimum absolute atomic E-state index is 0.977. The van der Waals surface area contributed by atoms with Crippen LogP contribution in [-0.4, -0.2) is 0 Å². The molecule has 21 heavy (non-hydrogen) atoms. The van der Waals surface area contributed by atoms with E-state index in [-0.39, 0.29) is 0 Å². The van der Waals surface area contributed by atoms with Crippen LogP contribution in [0.5, 0.6) is 0 Å². The molecular formula is C20H16O. The second kappa shape index (κ2) is 4.49. The third-order valence-corrected chi connectivity index (χ3v) is 4.08.